The molecule has 3 nitrogen and oxygen atoms in total. The maximum absolute atomic E-state index is 5.60. The zero-order valence-electron chi connectivity index (χ0n) is 11.6. The van der Waals surface area contributed by atoms with Crippen molar-refractivity contribution in [3.05, 3.63) is 24.3 Å². The molecule has 18 heavy (non-hydrogen) atoms. The van der Waals surface area contributed by atoms with Crippen molar-refractivity contribution in [1.29, 1.82) is 0 Å². The summed E-state index contributed by atoms with van der Waals surface area (Å²) in [6, 6.07) is 8.16. The molecule has 3 heteroatoms. The number of nitrogens with one attached hydrogen (secondary N) is 1. The van der Waals surface area contributed by atoms with Gasteiger partial charge in [0.25, 0.3) is 0 Å². The van der Waals surface area contributed by atoms with Crippen molar-refractivity contribution in [3.8, 4) is 5.75 Å². The van der Waals surface area contributed by atoms with Gasteiger partial charge in [0.15, 0.2) is 0 Å². The van der Waals surface area contributed by atoms with Gasteiger partial charge < -0.3 is 15.8 Å². The van der Waals surface area contributed by atoms with Crippen LogP contribution in [0.4, 0.5) is 5.69 Å². The van der Waals surface area contributed by atoms with Gasteiger partial charge in [0.05, 0.1) is 6.10 Å². The Balaban J connectivity index is 2.18. The molecule has 0 saturated carbocycles. The van der Waals surface area contributed by atoms with Gasteiger partial charge in [-0.25, -0.2) is 0 Å². The first-order chi connectivity index (χ1) is 8.72. The summed E-state index contributed by atoms with van der Waals surface area (Å²) >= 11 is 0. The molecule has 3 N–H and O–H groups in total. The fraction of sp³-hybridized carbons (Fsp3) is 0.600. The molecular formula is C15H26N2O. The molecule has 0 aromatic heterocycles. The first kappa shape index (κ1) is 14.8. The minimum atomic E-state index is 0.228. The normalized spacial score (nSPS) is 10.7. The number of hydrogen-bond donors (Lipinski definition) is 2. The first-order valence-electron chi connectivity index (χ1n) is 6.93. The number of hydrogen-bond acceptors (Lipinski definition) is 3. The predicted molar refractivity (Wildman–Crippen MR) is 78.2 cm³/mol. The minimum absolute atomic E-state index is 0.228. The van der Waals surface area contributed by atoms with Gasteiger partial charge in [-0.3, -0.25) is 0 Å². The number of ether oxygens (including phenoxy) is 1. The second-order valence-electron chi connectivity index (χ2n) is 4.82. The van der Waals surface area contributed by atoms with Gasteiger partial charge in [-0.05, 0) is 57.5 Å². The molecule has 1 aromatic rings. The molecule has 102 valence electrons. The van der Waals surface area contributed by atoms with Crippen LogP contribution in [0.2, 0.25) is 0 Å². The van der Waals surface area contributed by atoms with Crippen LogP contribution in [0, 0.1) is 0 Å². The Kier molecular flexibility index (Phi) is 7.26. The third kappa shape index (κ3) is 6.50. The van der Waals surface area contributed by atoms with Gasteiger partial charge in [0, 0.05) is 12.2 Å². The van der Waals surface area contributed by atoms with E-state index >= 15 is 0 Å². The number of nitrogens with two attached hydrogens (primary N) is 1. The van der Waals surface area contributed by atoms with E-state index in [0.29, 0.717) is 0 Å². The van der Waals surface area contributed by atoms with E-state index in [9.17, 15) is 0 Å². The molecule has 1 aromatic carbocycles. The number of anilines is 1. The van der Waals surface area contributed by atoms with Crippen LogP contribution < -0.4 is 15.8 Å². The van der Waals surface area contributed by atoms with Crippen LogP contribution >= 0.6 is 0 Å². The lowest BCUT2D eigenvalue weighted by atomic mass is 10.2. The molecule has 0 amide bonds. The SMILES string of the molecule is CC(C)Oc1ccc(NCCCCCCN)cc1. The van der Waals surface area contributed by atoms with E-state index in [2.05, 4.69) is 17.4 Å². The standard InChI is InChI=1S/C15H26N2O/c1-13(2)18-15-9-7-14(8-10-15)17-12-6-4-3-5-11-16/h7-10,13,17H,3-6,11-12,16H2,1-2H3. The summed E-state index contributed by atoms with van der Waals surface area (Å²) in [5.41, 5.74) is 6.61. The molecular weight excluding hydrogens is 224 g/mol. The van der Waals surface area contributed by atoms with Crippen LogP contribution in [0.25, 0.3) is 0 Å². The lowest BCUT2D eigenvalue weighted by Crippen LogP contribution is -2.06. The molecule has 0 spiro atoms. The molecule has 0 bridgehead atoms. The predicted octanol–water partition coefficient (Wildman–Crippen LogP) is 3.40. The summed E-state index contributed by atoms with van der Waals surface area (Å²) in [5.74, 6) is 0.929. The van der Waals surface area contributed by atoms with Crippen LogP contribution in [0.15, 0.2) is 24.3 Å². The third-order valence-electron chi connectivity index (χ3n) is 2.69. The van der Waals surface area contributed by atoms with Crippen LogP contribution in [-0.2, 0) is 0 Å². The summed E-state index contributed by atoms with van der Waals surface area (Å²) in [7, 11) is 0. The summed E-state index contributed by atoms with van der Waals surface area (Å²) in [5, 5.41) is 3.42. The first-order valence-corrected chi connectivity index (χ1v) is 6.93. The average Bonchev–Trinajstić information content (AvgIpc) is 2.35. The quantitative estimate of drug-likeness (QED) is 0.660. The van der Waals surface area contributed by atoms with E-state index in [0.717, 1.165) is 30.9 Å². The van der Waals surface area contributed by atoms with Crippen molar-refractivity contribution in [2.75, 3.05) is 18.4 Å². The van der Waals surface area contributed by atoms with Crippen molar-refractivity contribution in [2.24, 2.45) is 5.73 Å². The zero-order chi connectivity index (χ0) is 13.2. The lowest BCUT2D eigenvalue weighted by Gasteiger charge is -2.11. The number of benzene rings is 1. The third-order valence-corrected chi connectivity index (χ3v) is 2.69. The Bertz CT molecular complexity index is 309. The van der Waals surface area contributed by atoms with Gasteiger partial charge >= 0.3 is 0 Å². The lowest BCUT2D eigenvalue weighted by molar-refractivity contribution is 0.242. The van der Waals surface area contributed by atoms with Crippen molar-refractivity contribution in [2.45, 2.75) is 45.6 Å². The van der Waals surface area contributed by atoms with E-state index in [-0.39, 0.29) is 6.10 Å². The van der Waals surface area contributed by atoms with Crippen LogP contribution in [0.5, 0.6) is 5.75 Å². The molecule has 0 aliphatic rings. The molecule has 0 radical (unpaired) electrons. The number of unbranched alkanes of at least 4 members (excludes halogenated alkanes) is 3. The number of rotatable bonds is 9. The maximum Gasteiger partial charge on any atom is 0.119 e. The van der Waals surface area contributed by atoms with Crippen molar-refractivity contribution in [3.63, 3.8) is 0 Å². The molecule has 0 heterocycles. The highest BCUT2D eigenvalue weighted by Crippen LogP contribution is 2.16. The van der Waals surface area contributed by atoms with Crippen LogP contribution in [0.1, 0.15) is 39.5 Å². The Labute approximate surface area is 111 Å². The smallest absolute Gasteiger partial charge is 0.119 e. The molecule has 0 unspecified atom stereocenters. The fourth-order valence-electron chi connectivity index (χ4n) is 1.78. The Morgan fingerprint density at radius 3 is 2.33 bits per heavy atom. The van der Waals surface area contributed by atoms with E-state index in [4.69, 9.17) is 10.5 Å². The van der Waals surface area contributed by atoms with Gasteiger partial charge in [-0.2, -0.15) is 0 Å². The van der Waals surface area contributed by atoms with Crippen molar-refractivity contribution in [1.82, 2.24) is 0 Å². The molecule has 0 fully saturated rings. The highest BCUT2D eigenvalue weighted by Gasteiger charge is 1.97. The molecule has 0 atom stereocenters. The fourth-order valence-corrected chi connectivity index (χ4v) is 1.78. The molecule has 0 saturated heterocycles. The topological polar surface area (TPSA) is 47.3 Å². The second kappa shape index (κ2) is 8.81. The molecule has 1 rings (SSSR count). The molecule has 0 aliphatic heterocycles. The van der Waals surface area contributed by atoms with Gasteiger partial charge in [0.2, 0.25) is 0 Å². The summed E-state index contributed by atoms with van der Waals surface area (Å²) in [6.07, 6.45) is 5.05. The Morgan fingerprint density at radius 1 is 1.06 bits per heavy atom. The monoisotopic (exact) mass is 250 g/mol. The highest BCUT2D eigenvalue weighted by molar-refractivity contribution is 5.46. The van der Waals surface area contributed by atoms with Crippen molar-refractivity contribution >= 4 is 5.69 Å². The van der Waals surface area contributed by atoms with Gasteiger partial charge in [-0.1, -0.05) is 12.8 Å². The van der Waals surface area contributed by atoms with Crippen LogP contribution in [-0.4, -0.2) is 19.2 Å². The Hall–Kier alpha value is -1.22. The Morgan fingerprint density at radius 2 is 1.72 bits per heavy atom. The second-order valence-corrected chi connectivity index (χ2v) is 4.82. The average molecular weight is 250 g/mol. The minimum Gasteiger partial charge on any atom is -0.491 e. The summed E-state index contributed by atoms with van der Waals surface area (Å²) in [4.78, 5) is 0. The largest absolute Gasteiger partial charge is 0.491 e. The van der Waals surface area contributed by atoms with Crippen LogP contribution in [0.3, 0.4) is 0 Å². The summed E-state index contributed by atoms with van der Waals surface area (Å²) in [6.45, 7) is 5.90. The van der Waals surface area contributed by atoms with Gasteiger partial charge in [0.1, 0.15) is 5.75 Å². The molecule has 0 aliphatic carbocycles. The van der Waals surface area contributed by atoms with Gasteiger partial charge in [-0.15, -0.1) is 0 Å². The summed E-state index contributed by atoms with van der Waals surface area (Å²) < 4.78 is 5.60. The van der Waals surface area contributed by atoms with E-state index in [1.165, 1.54) is 19.3 Å². The van der Waals surface area contributed by atoms with E-state index in [1.807, 2.05) is 26.0 Å². The maximum atomic E-state index is 5.60. The zero-order valence-corrected chi connectivity index (χ0v) is 11.6. The van der Waals surface area contributed by atoms with E-state index in [1.54, 1.807) is 0 Å². The van der Waals surface area contributed by atoms with Crippen molar-refractivity contribution < 1.29 is 4.74 Å². The van der Waals surface area contributed by atoms with E-state index < -0.39 is 0 Å². The highest BCUT2D eigenvalue weighted by atomic mass is 16.5.